The average molecular weight is 456 g/mol. The summed E-state index contributed by atoms with van der Waals surface area (Å²) in [4.78, 5) is 13.2. The van der Waals surface area contributed by atoms with E-state index in [2.05, 4.69) is 20.3 Å². The number of nitrogens with one attached hydrogen (secondary N) is 1. The van der Waals surface area contributed by atoms with Crippen LogP contribution in [0.3, 0.4) is 0 Å². The number of anilines is 2. The number of fused-ring (bicyclic) bond motifs is 2. The van der Waals surface area contributed by atoms with E-state index < -0.39 is 0 Å². The van der Waals surface area contributed by atoms with Gasteiger partial charge < -0.3 is 23.9 Å². The van der Waals surface area contributed by atoms with Crippen LogP contribution in [-0.2, 0) is 4.74 Å². The van der Waals surface area contributed by atoms with Crippen molar-refractivity contribution in [2.75, 3.05) is 25.6 Å². The molecule has 3 aromatic heterocycles. The SMILES string of the molecule is COCCOc1ccc2ncnc(Nc3ccc(Oc4ccn5c(C)cnc5c4)c(C)c3)c2c1. The fourth-order valence-electron chi connectivity index (χ4n) is 3.73. The number of hydrogen-bond acceptors (Lipinski definition) is 7. The first-order valence-corrected chi connectivity index (χ1v) is 11.0. The van der Waals surface area contributed by atoms with Crippen LogP contribution in [0.4, 0.5) is 11.5 Å². The molecule has 0 fully saturated rings. The average Bonchev–Trinajstić information content (AvgIpc) is 3.21. The highest BCUT2D eigenvalue weighted by molar-refractivity contribution is 5.91. The Bertz CT molecular complexity index is 1460. The van der Waals surface area contributed by atoms with Crippen LogP contribution in [0.1, 0.15) is 11.3 Å². The number of pyridine rings is 1. The molecule has 0 saturated heterocycles. The molecule has 0 aliphatic carbocycles. The number of aryl methyl sites for hydroxylation is 2. The summed E-state index contributed by atoms with van der Waals surface area (Å²) in [5.74, 6) is 2.96. The first kappa shape index (κ1) is 21.7. The molecule has 0 unspecified atom stereocenters. The van der Waals surface area contributed by atoms with Gasteiger partial charge in [0.25, 0.3) is 0 Å². The molecule has 0 aliphatic rings. The van der Waals surface area contributed by atoms with Crippen LogP contribution in [-0.4, -0.2) is 39.7 Å². The van der Waals surface area contributed by atoms with E-state index in [1.165, 1.54) is 0 Å². The maximum absolute atomic E-state index is 6.13. The van der Waals surface area contributed by atoms with Crippen LogP contribution in [0.2, 0.25) is 0 Å². The molecule has 1 N–H and O–H groups in total. The molecule has 5 aromatic rings. The summed E-state index contributed by atoms with van der Waals surface area (Å²) < 4.78 is 19.0. The number of benzene rings is 2. The second-order valence-electron chi connectivity index (χ2n) is 7.94. The van der Waals surface area contributed by atoms with Crippen LogP contribution in [0, 0.1) is 13.8 Å². The summed E-state index contributed by atoms with van der Waals surface area (Å²) >= 11 is 0. The van der Waals surface area contributed by atoms with Gasteiger partial charge in [-0.2, -0.15) is 0 Å². The van der Waals surface area contributed by atoms with Gasteiger partial charge in [-0.3, -0.25) is 0 Å². The van der Waals surface area contributed by atoms with Gasteiger partial charge >= 0.3 is 0 Å². The third kappa shape index (κ3) is 4.49. The second kappa shape index (κ2) is 9.36. The summed E-state index contributed by atoms with van der Waals surface area (Å²) in [5, 5.41) is 4.27. The molecule has 0 bridgehead atoms. The lowest BCUT2D eigenvalue weighted by Gasteiger charge is -2.13. The van der Waals surface area contributed by atoms with E-state index in [0.717, 1.165) is 50.7 Å². The normalized spacial score (nSPS) is 11.1. The monoisotopic (exact) mass is 455 g/mol. The molecule has 0 amide bonds. The zero-order valence-corrected chi connectivity index (χ0v) is 19.3. The van der Waals surface area contributed by atoms with E-state index in [9.17, 15) is 0 Å². The summed E-state index contributed by atoms with van der Waals surface area (Å²) in [6, 6.07) is 15.6. The Morgan fingerprint density at radius 2 is 1.82 bits per heavy atom. The van der Waals surface area contributed by atoms with Gasteiger partial charge in [0.1, 0.15) is 41.6 Å². The highest BCUT2D eigenvalue weighted by atomic mass is 16.5. The topological polar surface area (TPSA) is 82.8 Å². The number of nitrogens with zero attached hydrogens (tertiary/aromatic N) is 4. The zero-order chi connectivity index (χ0) is 23.5. The summed E-state index contributed by atoms with van der Waals surface area (Å²) in [7, 11) is 1.65. The third-order valence-electron chi connectivity index (χ3n) is 5.50. The number of hydrogen-bond donors (Lipinski definition) is 1. The molecule has 0 radical (unpaired) electrons. The van der Waals surface area contributed by atoms with E-state index in [-0.39, 0.29) is 0 Å². The lowest BCUT2D eigenvalue weighted by atomic mass is 10.2. The highest BCUT2D eigenvalue weighted by Gasteiger charge is 2.09. The fraction of sp³-hybridized carbons (Fsp3) is 0.192. The zero-order valence-electron chi connectivity index (χ0n) is 19.3. The first-order chi connectivity index (χ1) is 16.6. The predicted molar refractivity (Wildman–Crippen MR) is 131 cm³/mol. The maximum atomic E-state index is 6.13. The van der Waals surface area contributed by atoms with Crippen LogP contribution in [0.15, 0.2) is 67.3 Å². The van der Waals surface area contributed by atoms with Gasteiger partial charge in [-0.1, -0.05) is 0 Å². The van der Waals surface area contributed by atoms with Gasteiger partial charge in [-0.05, 0) is 61.9 Å². The molecule has 34 heavy (non-hydrogen) atoms. The minimum absolute atomic E-state index is 0.478. The molecule has 0 spiro atoms. The smallest absolute Gasteiger partial charge is 0.141 e. The molecule has 0 aliphatic heterocycles. The van der Waals surface area contributed by atoms with Crippen molar-refractivity contribution < 1.29 is 14.2 Å². The van der Waals surface area contributed by atoms with E-state index in [1.54, 1.807) is 13.4 Å². The van der Waals surface area contributed by atoms with E-state index in [0.29, 0.717) is 19.0 Å². The van der Waals surface area contributed by atoms with Gasteiger partial charge in [0.2, 0.25) is 0 Å². The minimum Gasteiger partial charge on any atom is -0.491 e. The third-order valence-corrected chi connectivity index (χ3v) is 5.50. The molecule has 0 saturated carbocycles. The number of ether oxygens (including phenoxy) is 3. The first-order valence-electron chi connectivity index (χ1n) is 11.0. The standard InChI is InChI=1S/C26H25N5O3/c1-17-12-19(4-7-24(17)34-21-8-9-31-18(2)15-27-25(31)14-21)30-26-22-13-20(33-11-10-32-3)5-6-23(22)28-16-29-26/h4-9,12-16H,10-11H2,1-3H3,(H,28,29,30). The molecule has 2 aromatic carbocycles. The van der Waals surface area contributed by atoms with E-state index >= 15 is 0 Å². The van der Waals surface area contributed by atoms with E-state index in [4.69, 9.17) is 14.2 Å². The van der Waals surface area contributed by atoms with Crippen molar-refractivity contribution in [3.05, 3.63) is 78.5 Å². The van der Waals surface area contributed by atoms with Gasteiger partial charge in [0.15, 0.2) is 0 Å². The van der Waals surface area contributed by atoms with Crippen molar-refractivity contribution in [1.82, 2.24) is 19.4 Å². The lowest BCUT2D eigenvalue weighted by molar-refractivity contribution is 0.146. The highest BCUT2D eigenvalue weighted by Crippen LogP contribution is 2.31. The number of methoxy groups -OCH3 is 1. The fourth-order valence-corrected chi connectivity index (χ4v) is 3.73. The molecular weight excluding hydrogens is 430 g/mol. The van der Waals surface area contributed by atoms with Crippen molar-refractivity contribution in [2.24, 2.45) is 0 Å². The predicted octanol–water partition coefficient (Wildman–Crippen LogP) is 5.46. The molecule has 8 nitrogen and oxygen atoms in total. The molecule has 0 atom stereocenters. The van der Waals surface area contributed by atoms with Crippen molar-refractivity contribution in [2.45, 2.75) is 13.8 Å². The molecule has 3 heterocycles. The van der Waals surface area contributed by atoms with Crippen LogP contribution < -0.4 is 14.8 Å². The van der Waals surface area contributed by atoms with Crippen molar-refractivity contribution in [3.63, 3.8) is 0 Å². The van der Waals surface area contributed by atoms with Crippen molar-refractivity contribution in [3.8, 4) is 17.2 Å². The Hall–Kier alpha value is -4.17. The maximum Gasteiger partial charge on any atom is 0.141 e. The van der Waals surface area contributed by atoms with Gasteiger partial charge in [0.05, 0.1) is 12.1 Å². The molecule has 8 heteroatoms. The van der Waals surface area contributed by atoms with Crippen LogP contribution >= 0.6 is 0 Å². The lowest BCUT2D eigenvalue weighted by Crippen LogP contribution is -2.04. The minimum atomic E-state index is 0.478. The Balaban J connectivity index is 1.36. The Morgan fingerprint density at radius 1 is 0.912 bits per heavy atom. The van der Waals surface area contributed by atoms with E-state index in [1.807, 2.05) is 79.2 Å². The number of imidazole rings is 1. The number of aromatic nitrogens is 4. The Morgan fingerprint density at radius 3 is 2.68 bits per heavy atom. The van der Waals surface area contributed by atoms with Crippen LogP contribution in [0.25, 0.3) is 16.6 Å². The van der Waals surface area contributed by atoms with Gasteiger partial charge in [-0.25, -0.2) is 15.0 Å². The molecule has 172 valence electrons. The Labute approximate surface area is 197 Å². The Kier molecular flexibility index (Phi) is 5.97. The summed E-state index contributed by atoms with van der Waals surface area (Å²) in [6.07, 6.45) is 5.36. The molecule has 5 rings (SSSR count). The second-order valence-corrected chi connectivity index (χ2v) is 7.94. The largest absolute Gasteiger partial charge is 0.491 e. The summed E-state index contributed by atoms with van der Waals surface area (Å²) in [6.45, 7) is 5.04. The van der Waals surface area contributed by atoms with Gasteiger partial charge in [0, 0.05) is 42.3 Å². The molecular formula is C26H25N5O3. The van der Waals surface area contributed by atoms with Crippen molar-refractivity contribution >= 4 is 28.1 Å². The van der Waals surface area contributed by atoms with Crippen molar-refractivity contribution in [1.29, 1.82) is 0 Å². The summed E-state index contributed by atoms with van der Waals surface area (Å²) in [5.41, 5.74) is 4.66. The quantitative estimate of drug-likeness (QED) is 0.311. The van der Waals surface area contributed by atoms with Crippen LogP contribution in [0.5, 0.6) is 17.2 Å². The number of rotatable bonds is 8. The van der Waals surface area contributed by atoms with Gasteiger partial charge in [-0.15, -0.1) is 0 Å².